The number of benzene rings is 3. The fourth-order valence-corrected chi connectivity index (χ4v) is 4.66. The molecule has 5 nitrogen and oxygen atoms in total. The minimum atomic E-state index is -0.918. The summed E-state index contributed by atoms with van der Waals surface area (Å²) >= 11 is 0. The third-order valence-corrected chi connectivity index (χ3v) is 6.23. The van der Waals surface area contributed by atoms with Gasteiger partial charge in [-0.1, -0.05) is 67.6 Å². The van der Waals surface area contributed by atoms with Crippen molar-refractivity contribution in [3.05, 3.63) is 107 Å². The average Bonchev–Trinajstić information content (AvgIpc) is 2.87. The van der Waals surface area contributed by atoms with Crippen molar-refractivity contribution in [2.45, 2.75) is 26.4 Å². The number of carbonyl (C=O) groups is 1. The van der Waals surface area contributed by atoms with Crippen LogP contribution in [0.5, 0.6) is 5.75 Å². The maximum atomic E-state index is 12.5. The van der Waals surface area contributed by atoms with Crippen LogP contribution in [0.25, 0.3) is 22.6 Å². The van der Waals surface area contributed by atoms with E-state index in [4.69, 9.17) is 9.72 Å². The molecule has 0 atom stereocenters. The van der Waals surface area contributed by atoms with Gasteiger partial charge in [0.1, 0.15) is 5.75 Å². The molecule has 35 heavy (non-hydrogen) atoms. The van der Waals surface area contributed by atoms with Crippen molar-refractivity contribution in [2.24, 2.45) is 0 Å². The third-order valence-electron chi connectivity index (χ3n) is 6.23. The van der Waals surface area contributed by atoms with Gasteiger partial charge in [-0.3, -0.25) is 4.90 Å². The molecule has 0 amide bonds. The van der Waals surface area contributed by atoms with Gasteiger partial charge in [0.2, 0.25) is 0 Å². The van der Waals surface area contributed by atoms with Gasteiger partial charge < -0.3 is 9.84 Å². The van der Waals surface area contributed by atoms with E-state index in [1.807, 2.05) is 66.7 Å². The van der Waals surface area contributed by atoms with E-state index in [0.717, 1.165) is 41.1 Å². The van der Waals surface area contributed by atoms with Crippen molar-refractivity contribution in [2.75, 3.05) is 13.2 Å². The van der Waals surface area contributed by atoms with Crippen molar-refractivity contribution in [1.82, 2.24) is 9.88 Å². The molecule has 0 spiro atoms. The molecule has 0 fully saturated rings. The average molecular weight is 465 g/mol. The lowest BCUT2D eigenvalue weighted by Crippen LogP contribution is -2.31. The lowest BCUT2D eigenvalue weighted by molar-refractivity contribution is 0.0696. The molecule has 0 radical (unpaired) electrons. The Kier molecular flexibility index (Phi) is 6.59. The number of nitrogens with zero attached hydrogens (tertiary/aromatic N) is 2. The first-order valence-electron chi connectivity index (χ1n) is 12.0. The maximum absolute atomic E-state index is 12.5. The summed E-state index contributed by atoms with van der Waals surface area (Å²) in [6.07, 6.45) is 3.08. The van der Waals surface area contributed by atoms with Crippen LogP contribution in [0.4, 0.5) is 0 Å². The lowest BCUT2D eigenvalue weighted by Gasteiger charge is -2.31. The van der Waals surface area contributed by atoms with Crippen LogP contribution in [0, 0.1) is 0 Å². The molecule has 1 aromatic heterocycles. The minimum absolute atomic E-state index is 0.345. The molecule has 0 saturated carbocycles. The SMILES string of the molecule is CCCOc1ccc(C=C2CN(Cc3ccccc3)Cc3c2nc2ccccc2c3C(=O)O)cc1. The van der Waals surface area contributed by atoms with Crippen LogP contribution in [0.2, 0.25) is 0 Å². The number of para-hydroxylation sites is 1. The van der Waals surface area contributed by atoms with Crippen LogP contribution >= 0.6 is 0 Å². The van der Waals surface area contributed by atoms with E-state index in [1.54, 1.807) is 0 Å². The molecule has 1 aliphatic heterocycles. The molecule has 0 unspecified atom stereocenters. The predicted molar refractivity (Wildman–Crippen MR) is 139 cm³/mol. The number of rotatable bonds is 7. The first kappa shape index (κ1) is 22.8. The summed E-state index contributed by atoms with van der Waals surface area (Å²) in [5.74, 6) is -0.0702. The minimum Gasteiger partial charge on any atom is -0.494 e. The third kappa shape index (κ3) is 4.96. The van der Waals surface area contributed by atoms with E-state index in [1.165, 1.54) is 5.56 Å². The van der Waals surface area contributed by atoms with E-state index in [-0.39, 0.29) is 0 Å². The molecule has 176 valence electrons. The Morgan fingerprint density at radius 3 is 2.49 bits per heavy atom. The molecule has 5 rings (SSSR count). The number of aromatic carboxylic acids is 1. The molecule has 1 N–H and O–H groups in total. The van der Waals surface area contributed by atoms with Gasteiger partial charge >= 0.3 is 5.97 Å². The van der Waals surface area contributed by atoms with E-state index in [9.17, 15) is 9.90 Å². The summed E-state index contributed by atoms with van der Waals surface area (Å²) in [7, 11) is 0. The second-order valence-corrected chi connectivity index (χ2v) is 8.85. The summed E-state index contributed by atoms with van der Waals surface area (Å²) in [6, 6.07) is 25.8. The van der Waals surface area contributed by atoms with Gasteiger partial charge in [-0.15, -0.1) is 0 Å². The number of carboxylic acid groups (broad SMARTS) is 1. The van der Waals surface area contributed by atoms with Crippen molar-refractivity contribution < 1.29 is 14.6 Å². The van der Waals surface area contributed by atoms with Crippen LogP contribution in [-0.4, -0.2) is 34.1 Å². The zero-order chi connectivity index (χ0) is 24.2. The highest BCUT2D eigenvalue weighted by Crippen LogP contribution is 2.34. The summed E-state index contributed by atoms with van der Waals surface area (Å²) in [5, 5.41) is 10.9. The Balaban J connectivity index is 1.60. The number of fused-ring (bicyclic) bond motifs is 2. The predicted octanol–water partition coefficient (Wildman–Crippen LogP) is 6.28. The fraction of sp³-hybridized carbons (Fsp3) is 0.200. The monoisotopic (exact) mass is 464 g/mol. The zero-order valence-corrected chi connectivity index (χ0v) is 19.8. The largest absolute Gasteiger partial charge is 0.494 e. The Hall–Kier alpha value is -3.96. The quantitative estimate of drug-likeness (QED) is 0.349. The van der Waals surface area contributed by atoms with Crippen LogP contribution in [-0.2, 0) is 13.1 Å². The maximum Gasteiger partial charge on any atom is 0.336 e. The van der Waals surface area contributed by atoms with E-state index in [2.05, 4.69) is 30.0 Å². The summed E-state index contributed by atoms with van der Waals surface area (Å²) in [5.41, 5.74) is 5.83. The van der Waals surface area contributed by atoms with E-state index < -0.39 is 5.97 Å². The van der Waals surface area contributed by atoms with Crippen molar-refractivity contribution in [1.29, 1.82) is 0 Å². The Morgan fingerprint density at radius 2 is 1.74 bits per heavy atom. The molecule has 0 aliphatic carbocycles. The number of pyridine rings is 1. The molecule has 2 heterocycles. The van der Waals surface area contributed by atoms with E-state index in [0.29, 0.717) is 36.2 Å². The van der Waals surface area contributed by atoms with Gasteiger partial charge in [-0.25, -0.2) is 9.78 Å². The molecule has 0 saturated heterocycles. The van der Waals surface area contributed by atoms with Crippen LogP contribution in [0.1, 0.15) is 46.1 Å². The molecule has 3 aromatic carbocycles. The normalized spacial score (nSPS) is 14.7. The smallest absolute Gasteiger partial charge is 0.336 e. The lowest BCUT2D eigenvalue weighted by atomic mass is 9.91. The van der Waals surface area contributed by atoms with Crippen LogP contribution < -0.4 is 4.74 Å². The Morgan fingerprint density at radius 1 is 1.00 bits per heavy atom. The highest BCUT2D eigenvalue weighted by Gasteiger charge is 2.28. The first-order chi connectivity index (χ1) is 17.1. The van der Waals surface area contributed by atoms with E-state index >= 15 is 0 Å². The molecule has 4 aromatic rings. The van der Waals surface area contributed by atoms with Gasteiger partial charge in [0.25, 0.3) is 0 Å². The highest BCUT2D eigenvalue weighted by molar-refractivity contribution is 6.06. The second kappa shape index (κ2) is 10.1. The highest BCUT2D eigenvalue weighted by atomic mass is 16.5. The Labute approximate surface area is 205 Å². The van der Waals surface area contributed by atoms with Gasteiger partial charge in [0.15, 0.2) is 0 Å². The fourth-order valence-electron chi connectivity index (χ4n) is 4.66. The number of hydrogen-bond donors (Lipinski definition) is 1. The standard InChI is InChI=1S/C30H28N2O3/c1-2-16-35-24-14-12-21(13-15-24)17-23-19-32(18-22-8-4-3-5-9-22)20-26-28(30(33)34)25-10-6-7-11-27(25)31-29(23)26/h3-15,17H,2,16,18-20H2,1H3,(H,33,34). The summed E-state index contributed by atoms with van der Waals surface area (Å²) in [4.78, 5) is 19.7. The topological polar surface area (TPSA) is 62.7 Å². The number of aromatic nitrogens is 1. The zero-order valence-electron chi connectivity index (χ0n) is 19.8. The number of hydrogen-bond acceptors (Lipinski definition) is 4. The molecule has 5 heteroatoms. The van der Waals surface area contributed by atoms with Crippen molar-refractivity contribution >= 4 is 28.5 Å². The second-order valence-electron chi connectivity index (χ2n) is 8.85. The van der Waals surface area contributed by atoms with Crippen LogP contribution in [0.3, 0.4) is 0 Å². The molecule has 1 aliphatic rings. The van der Waals surface area contributed by atoms with Crippen molar-refractivity contribution in [3.63, 3.8) is 0 Å². The molecule has 0 bridgehead atoms. The van der Waals surface area contributed by atoms with Gasteiger partial charge in [0, 0.05) is 30.6 Å². The number of carboxylic acids is 1. The van der Waals surface area contributed by atoms with Crippen LogP contribution in [0.15, 0.2) is 78.9 Å². The van der Waals surface area contributed by atoms with Gasteiger partial charge in [0.05, 0.1) is 23.4 Å². The first-order valence-corrected chi connectivity index (χ1v) is 12.0. The summed E-state index contributed by atoms with van der Waals surface area (Å²) in [6.45, 7) is 4.72. The van der Waals surface area contributed by atoms with Crippen molar-refractivity contribution in [3.8, 4) is 5.75 Å². The van der Waals surface area contributed by atoms with Gasteiger partial charge in [-0.05, 0) is 47.4 Å². The number of ether oxygens (including phenoxy) is 1. The summed E-state index contributed by atoms with van der Waals surface area (Å²) < 4.78 is 5.72. The molecular formula is C30H28N2O3. The molecular weight excluding hydrogens is 436 g/mol. The van der Waals surface area contributed by atoms with Gasteiger partial charge in [-0.2, -0.15) is 0 Å². The Bertz CT molecular complexity index is 1380.